The molecule has 0 radical (unpaired) electrons. The minimum absolute atomic E-state index is 0.0307. The van der Waals surface area contributed by atoms with Crippen LogP contribution in [0.1, 0.15) is 47.0 Å². The van der Waals surface area contributed by atoms with E-state index < -0.39 is 0 Å². The molecule has 3 heteroatoms. The first-order valence-electron chi connectivity index (χ1n) is 6.54. The van der Waals surface area contributed by atoms with E-state index in [0.717, 1.165) is 19.4 Å². The predicted octanol–water partition coefficient (Wildman–Crippen LogP) is 1.93. The van der Waals surface area contributed by atoms with Crippen molar-refractivity contribution in [3.63, 3.8) is 0 Å². The number of carbonyl (C=O) groups is 1. The molecular weight excluding hydrogens is 200 g/mol. The van der Waals surface area contributed by atoms with Crippen LogP contribution in [0.2, 0.25) is 0 Å². The summed E-state index contributed by atoms with van der Waals surface area (Å²) < 4.78 is 0. The lowest BCUT2D eigenvalue weighted by Crippen LogP contribution is -2.50. The molecule has 0 aromatic rings. The maximum atomic E-state index is 11.9. The van der Waals surface area contributed by atoms with Crippen molar-refractivity contribution in [3.8, 4) is 0 Å². The number of carbonyl (C=O) groups excluding carboxylic acids is 1. The average Bonchev–Trinajstić information content (AvgIpc) is 2.25. The van der Waals surface area contributed by atoms with Gasteiger partial charge in [0.05, 0.1) is 6.04 Å². The maximum Gasteiger partial charge on any atom is 0.237 e. The lowest BCUT2D eigenvalue weighted by atomic mass is 9.97. The summed E-state index contributed by atoms with van der Waals surface area (Å²) in [7, 11) is 0. The predicted molar refractivity (Wildman–Crippen MR) is 67.2 cm³/mol. The normalized spacial score (nSPS) is 27.8. The van der Waals surface area contributed by atoms with Crippen LogP contribution in [0.4, 0.5) is 0 Å². The molecule has 0 aromatic carbocycles. The topological polar surface area (TPSA) is 41.1 Å². The molecule has 2 N–H and O–H groups in total. The lowest BCUT2D eigenvalue weighted by molar-refractivity contribution is -0.124. The number of amides is 1. The van der Waals surface area contributed by atoms with Crippen LogP contribution < -0.4 is 10.6 Å². The van der Waals surface area contributed by atoms with Gasteiger partial charge in [0.15, 0.2) is 0 Å². The minimum atomic E-state index is 0.0307. The van der Waals surface area contributed by atoms with Gasteiger partial charge in [0.25, 0.3) is 0 Å². The Balaban J connectivity index is 2.29. The van der Waals surface area contributed by atoms with Crippen LogP contribution in [0.25, 0.3) is 0 Å². The van der Waals surface area contributed by atoms with E-state index in [4.69, 9.17) is 0 Å². The van der Waals surface area contributed by atoms with Crippen LogP contribution in [0, 0.1) is 11.8 Å². The Morgan fingerprint density at radius 1 is 1.38 bits per heavy atom. The fourth-order valence-electron chi connectivity index (χ4n) is 1.97. The Hall–Kier alpha value is -0.570. The number of piperidine rings is 1. The van der Waals surface area contributed by atoms with E-state index in [1.807, 2.05) is 0 Å². The molecule has 3 unspecified atom stereocenters. The van der Waals surface area contributed by atoms with Crippen LogP contribution in [0.3, 0.4) is 0 Å². The van der Waals surface area contributed by atoms with Gasteiger partial charge in [-0.05, 0) is 38.0 Å². The molecule has 1 heterocycles. The molecule has 3 nitrogen and oxygen atoms in total. The summed E-state index contributed by atoms with van der Waals surface area (Å²) in [6.07, 6.45) is 3.32. The molecule has 3 atom stereocenters. The SMILES string of the molecule is CC1CCCC(C(=O)NCC(C)C(C)C)N1. The van der Waals surface area contributed by atoms with Crippen molar-refractivity contribution in [2.45, 2.75) is 59.0 Å². The monoisotopic (exact) mass is 226 g/mol. The second-order valence-corrected chi connectivity index (χ2v) is 5.52. The summed E-state index contributed by atoms with van der Waals surface area (Å²) in [5.41, 5.74) is 0. The van der Waals surface area contributed by atoms with Crippen molar-refractivity contribution in [1.29, 1.82) is 0 Å². The molecule has 0 aromatic heterocycles. The van der Waals surface area contributed by atoms with Gasteiger partial charge in [0, 0.05) is 12.6 Å². The molecular formula is C13H26N2O. The second-order valence-electron chi connectivity index (χ2n) is 5.52. The first kappa shape index (κ1) is 13.5. The lowest BCUT2D eigenvalue weighted by Gasteiger charge is -2.28. The van der Waals surface area contributed by atoms with Gasteiger partial charge >= 0.3 is 0 Å². The Morgan fingerprint density at radius 3 is 2.62 bits per heavy atom. The van der Waals surface area contributed by atoms with Gasteiger partial charge < -0.3 is 10.6 Å². The van der Waals surface area contributed by atoms with E-state index in [1.54, 1.807) is 0 Å². The molecule has 0 aliphatic carbocycles. The van der Waals surface area contributed by atoms with Gasteiger partial charge in [-0.2, -0.15) is 0 Å². The third-order valence-corrected chi connectivity index (χ3v) is 3.67. The fourth-order valence-corrected chi connectivity index (χ4v) is 1.97. The summed E-state index contributed by atoms with van der Waals surface area (Å²) in [6.45, 7) is 9.51. The number of nitrogens with one attached hydrogen (secondary N) is 2. The Kier molecular flexibility index (Phi) is 5.26. The van der Waals surface area contributed by atoms with Crippen molar-refractivity contribution in [3.05, 3.63) is 0 Å². The molecule has 0 bridgehead atoms. The molecule has 1 amide bonds. The van der Waals surface area contributed by atoms with E-state index in [1.165, 1.54) is 6.42 Å². The maximum absolute atomic E-state index is 11.9. The number of hydrogen-bond donors (Lipinski definition) is 2. The van der Waals surface area contributed by atoms with E-state index in [9.17, 15) is 4.79 Å². The summed E-state index contributed by atoms with van der Waals surface area (Å²) in [5.74, 6) is 1.35. The summed E-state index contributed by atoms with van der Waals surface area (Å²) in [6, 6.07) is 0.509. The van der Waals surface area contributed by atoms with Crippen molar-refractivity contribution in [2.75, 3.05) is 6.54 Å². The highest BCUT2D eigenvalue weighted by Gasteiger charge is 2.24. The molecule has 94 valence electrons. The first-order valence-corrected chi connectivity index (χ1v) is 6.54. The van der Waals surface area contributed by atoms with Gasteiger partial charge in [-0.1, -0.05) is 20.8 Å². The van der Waals surface area contributed by atoms with E-state index in [0.29, 0.717) is 17.9 Å². The highest BCUT2D eigenvalue weighted by atomic mass is 16.2. The van der Waals surface area contributed by atoms with Gasteiger partial charge in [-0.25, -0.2) is 0 Å². The zero-order chi connectivity index (χ0) is 12.1. The van der Waals surface area contributed by atoms with Gasteiger partial charge in [0.1, 0.15) is 0 Å². The largest absolute Gasteiger partial charge is 0.354 e. The van der Waals surface area contributed by atoms with Crippen LogP contribution in [0.5, 0.6) is 0 Å². The second kappa shape index (κ2) is 6.24. The Labute approximate surface area is 99.4 Å². The highest BCUT2D eigenvalue weighted by molar-refractivity contribution is 5.81. The fraction of sp³-hybridized carbons (Fsp3) is 0.923. The van der Waals surface area contributed by atoms with Crippen LogP contribution in [-0.2, 0) is 4.79 Å². The van der Waals surface area contributed by atoms with E-state index in [2.05, 4.69) is 38.3 Å². The standard InChI is InChI=1S/C13H26N2O/c1-9(2)10(3)8-14-13(16)12-7-5-6-11(4)15-12/h9-12,15H,5-8H2,1-4H3,(H,14,16). The van der Waals surface area contributed by atoms with Gasteiger partial charge in [-0.15, -0.1) is 0 Å². The third kappa shape index (κ3) is 4.12. The van der Waals surface area contributed by atoms with Crippen LogP contribution >= 0.6 is 0 Å². The van der Waals surface area contributed by atoms with Crippen LogP contribution in [0.15, 0.2) is 0 Å². The zero-order valence-corrected chi connectivity index (χ0v) is 11.0. The molecule has 16 heavy (non-hydrogen) atoms. The first-order chi connectivity index (χ1) is 7.50. The molecule has 1 aliphatic rings. The van der Waals surface area contributed by atoms with E-state index in [-0.39, 0.29) is 11.9 Å². The van der Waals surface area contributed by atoms with Crippen molar-refractivity contribution in [2.24, 2.45) is 11.8 Å². The zero-order valence-electron chi connectivity index (χ0n) is 11.0. The molecule has 1 fully saturated rings. The quantitative estimate of drug-likeness (QED) is 0.769. The molecule has 1 aliphatic heterocycles. The minimum Gasteiger partial charge on any atom is -0.354 e. The van der Waals surface area contributed by atoms with Gasteiger partial charge in [0.2, 0.25) is 5.91 Å². The summed E-state index contributed by atoms with van der Waals surface area (Å²) in [4.78, 5) is 11.9. The third-order valence-electron chi connectivity index (χ3n) is 3.67. The molecule has 1 saturated heterocycles. The van der Waals surface area contributed by atoms with E-state index >= 15 is 0 Å². The van der Waals surface area contributed by atoms with Crippen molar-refractivity contribution < 1.29 is 4.79 Å². The number of hydrogen-bond acceptors (Lipinski definition) is 2. The average molecular weight is 226 g/mol. The smallest absolute Gasteiger partial charge is 0.237 e. The number of rotatable bonds is 4. The molecule has 1 rings (SSSR count). The van der Waals surface area contributed by atoms with Crippen LogP contribution in [-0.4, -0.2) is 24.5 Å². The Morgan fingerprint density at radius 2 is 2.06 bits per heavy atom. The van der Waals surface area contributed by atoms with Crippen molar-refractivity contribution >= 4 is 5.91 Å². The van der Waals surface area contributed by atoms with Crippen molar-refractivity contribution in [1.82, 2.24) is 10.6 Å². The molecule has 0 spiro atoms. The Bertz CT molecular complexity index is 228. The highest BCUT2D eigenvalue weighted by Crippen LogP contribution is 2.13. The van der Waals surface area contributed by atoms with Gasteiger partial charge in [-0.3, -0.25) is 4.79 Å². The molecule has 0 saturated carbocycles. The summed E-state index contributed by atoms with van der Waals surface area (Å²) in [5, 5.41) is 6.41. The summed E-state index contributed by atoms with van der Waals surface area (Å²) >= 11 is 0.